The van der Waals surface area contributed by atoms with Gasteiger partial charge >= 0.3 is 0 Å². The Balaban J connectivity index is 2.03. The first-order valence-electron chi connectivity index (χ1n) is 7.35. The Morgan fingerprint density at radius 3 is 2.57 bits per heavy atom. The molecular formula is C18H19Cl2NO2. The lowest BCUT2D eigenvalue weighted by Crippen LogP contribution is -2.20. The Hall–Kier alpha value is -1.71. The maximum atomic E-state index is 12.1. The van der Waals surface area contributed by atoms with E-state index in [0.29, 0.717) is 21.7 Å². The van der Waals surface area contributed by atoms with Gasteiger partial charge in [0.15, 0.2) is 6.61 Å². The van der Waals surface area contributed by atoms with Gasteiger partial charge in [0.25, 0.3) is 5.91 Å². The molecule has 0 saturated heterocycles. The van der Waals surface area contributed by atoms with Gasteiger partial charge in [-0.3, -0.25) is 4.79 Å². The molecular weight excluding hydrogens is 333 g/mol. The van der Waals surface area contributed by atoms with Gasteiger partial charge in [0, 0.05) is 5.02 Å². The summed E-state index contributed by atoms with van der Waals surface area (Å²) in [6.07, 6.45) is 0. The fraction of sp³-hybridized carbons (Fsp3) is 0.278. The van der Waals surface area contributed by atoms with E-state index in [-0.39, 0.29) is 12.5 Å². The summed E-state index contributed by atoms with van der Waals surface area (Å²) in [6.45, 7) is 6.09. The van der Waals surface area contributed by atoms with E-state index in [1.54, 1.807) is 18.2 Å². The minimum Gasteiger partial charge on any atom is -0.483 e. The first kappa shape index (κ1) is 17.6. The van der Waals surface area contributed by atoms with Gasteiger partial charge in [-0.25, -0.2) is 0 Å². The molecule has 0 aliphatic carbocycles. The van der Waals surface area contributed by atoms with Gasteiger partial charge in [0.1, 0.15) is 5.75 Å². The normalized spacial score (nSPS) is 10.7. The molecule has 0 aliphatic heterocycles. The van der Waals surface area contributed by atoms with Crippen molar-refractivity contribution in [3.05, 3.63) is 57.6 Å². The molecule has 3 nitrogen and oxygen atoms in total. The molecule has 1 amide bonds. The molecule has 0 heterocycles. The van der Waals surface area contributed by atoms with Gasteiger partial charge in [0.2, 0.25) is 0 Å². The van der Waals surface area contributed by atoms with Crippen LogP contribution >= 0.6 is 23.2 Å². The van der Waals surface area contributed by atoms with E-state index in [1.165, 1.54) is 0 Å². The van der Waals surface area contributed by atoms with Crippen molar-refractivity contribution in [2.75, 3.05) is 11.9 Å². The van der Waals surface area contributed by atoms with Crippen LogP contribution < -0.4 is 10.1 Å². The zero-order valence-electron chi connectivity index (χ0n) is 13.3. The summed E-state index contributed by atoms with van der Waals surface area (Å²) in [6, 6.07) is 10.9. The van der Waals surface area contributed by atoms with Gasteiger partial charge in [-0.15, -0.1) is 0 Å². The molecule has 0 radical (unpaired) electrons. The molecule has 0 aromatic heterocycles. The highest BCUT2D eigenvalue weighted by molar-refractivity contribution is 6.36. The average molecular weight is 352 g/mol. The van der Waals surface area contributed by atoms with Crippen LogP contribution in [-0.4, -0.2) is 12.5 Å². The summed E-state index contributed by atoms with van der Waals surface area (Å²) < 4.78 is 5.70. The number of hydrogen-bond donors (Lipinski definition) is 1. The number of carbonyl (C=O) groups excluding carboxylic acids is 1. The Morgan fingerprint density at radius 1 is 1.17 bits per heavy atom. The maximum absolute atomic E-state index is 12.1. The fourth-order valence-electron chi connectivity index (χ4n) is 2.16. The van der Waals surface area contributed by atoms with Crippen molar-refractivity contribution >= 4 is 34.8 Å². The monoisotopic (exact) mass is 351 g/mol. The molecule has 2 aromatic carbocycles. The average Bonchev–Trinajstić information content (AvgIpc) is 2.48. The summed E-state index contributed by atoms with van der Waals surface area (Å²) in [5, 5.41) is 3.63. The van der Waals surface area contributed by atoms with E-state index >= 15 is 0 Å². The van der Waals surface area contributed by atoms with E-state index in [9.17, 15) is 4.79 Å². The van der Waals surface area contributed by atoms with Crippen LogP contribution in [0.3, 0.4) is 0 Å². The summed E-state index contributed by atoms with van der Waals surface area (Å²) in [5.74, 6) is 0.780. The Morgan fingerprint density at radius 2 is 1.91 bits per heavy atom. The van der Waals surface area contributed by atoms with Crippen LogP contribution in [0.5, 0.6) is 5.75 Å². The van der Waals surface area contributed by atoms with Crippen LogP contribution in [0.15, 0.2) is 36.4 Å². The second-order valence-electron chi connectivity index (χ2n) is 5.66. The highest BCUT2D eigenvalue weighted by Crippen LogP contribution is 2.28. The Bertz CT molecular complexity index is 714. The summed E-state index contributed by atoms with van der Waals surface area (Å²) in [5.41, 5.74) is 2.68. The zero-order valence-corrected chi connectivity index (χ0v) is 14.8. The standard InChI is InChI=1S/C18H19Cl2NO2/c1-11(2)14-6-4-12(3)8-17(14)23-10-18(22)21-16-7-5-13(19)9-15(16)20/h4-9,11H,10H2,1-3H3,(H,21,22). The molecule has 122 valence electrons. The number of halogens is 2. The number of ether oxygens (including phenoxy) is 1. The van der Waals surface area contributed by atoms with Gasteiger partial charge in [-0.05, 0) is 48.2 Å². The van der Waals surface area contributed by atoms with E-state index in [2.05, 4.69) is 19.2 Å². The topological polar surface area (TPSA) is 38.3 Å². The van der Waals surface area contributed by atoms with Crippen molar-refractivity contribution < 1.29 is 9.53 Å². The van der Waals surface area contributed by atoms with Gasteiger partial charge in [-0.2, -0.15) is 0 Å². The summed E-state index contributed by atoms with van der Waals surface area (Å²) in [7, 11) is 0. The first-order chi connectivity index (χ1) is 10.9. The smallest absolute Gasteiger partial charge is 0.262 e. The second kappa shape index (κ2) is 7.71. The lowest BCUT2D eigenvalue weighted by atomic mass is 10.0. The molecule has 0 atom stereocenters. The predicted molar refractivity (Wildman–Crippen MR) is 95.9 cm³/mol. The maximum Gasteiger partial charge on any atom is 0.262 e. The number of amides is 1. The Kier molecular flexibility index (Phi) is 5.91. The third-order valence-corrected chi connectivity index (χ3v) is 3.90. The van der Waals surface area contributed by atoms with Crippen LogP contribution in [0.2, 0.25) is 10.0 Å². The van der Waals surface area contributed by atoms with E-state index in [1.807, 2.05) is 25.1 Å². The van der Waals surface area contributed by atoms with E-state index in [4.69, 9.17) is 27.9 Å². The number of carbonyl (C=O) groups is 1. The SMILES string of the molecule is Cc1ccc(C(C)C)c(OCC(=O)Nc2ccc(Cl)cc2Cl)c1. The zero-order chi connectivity index (χ0) is 17.0. The van der Waals surface area contributed by atoms with Gasteiger partial charge in [-0.1, -0.05) is 49.2 Å². The number of rotatable bonds is 5. The van der Waals surface area contributed by atoms with E-state index < -0.39 is 0 Å². The minimum atomic E-state index is -0.273. The van der Waals surface area contributed by atoms with Crippen molar-refractivity contribution in [2.24, 2.45) is 0 Å². The molecule has 2 aromatic rings. The molecule has 0 fully saturated rings. The van der Waals surface area contributed by atoms with Crippen LogP contribution in [0, 0.1) is 6.92 Å². The van der Waals surface area contributed by atoms with Crippen LogP contribution in [0.25, 0.3) is 0 Å². The number of aryl methyl sites for hydroxylation is 1. The summed E-state index contributed by atoms with van der Waals surface area (Å²) >= 11 is 11.9. The first-order valence-corrected chi connectivity index (χ1v) is 8.10. The van der Waals surface area contributed by atoms with E-state index in [0.717, 1.165) is 16.9 Å². The lowest BCUT2D eigenvalue weighted by molar-refractivity contribution is -0.118. The van der Waals surface area contributed by atoms with Gasteiger partial charge < -0.3 is 10.1 Å². The Labute approximate surface area is 146 Å². The number of benzene rings is 2. The van der Waals surface area contributed by atoms with Crippen molar-refractivity contribution in [1.82, 2.24) is 0 Å². The molecule has 0 bridgehead atoms. The number of anilines is 1. The largest absolute Gasteiger partial charge is 0.483 e. The second-order valence-corrected chi connectivity index (χ2v) is 6.50. The molecule has 0 saturated carbocycles. The van der Waals surface area contributed by atoms with Crippen LogP contribution in [-0.2, 0) is 4.79 Å². The molecule has 0 unspecified atom stereocenters. The number of nitrogens with one attached hydrogen (secondary N) is 1. The number of hydrogen-bond acceptors (Lipinski definition) is 2. The third-order valence-electron chi connectivity index (χ3n) is 3.36. The molecule has 5 heteroatoms. The predicted octanol–water partition coefficient (Wildman–Crippen LogP) is 5.44. The quantitative estimate of drug-likeness (QED) is 0.778. The third kappa shape index (κ3) is 4.88. The molecule has 2 rings (SSSR count). The lowest BCUT2D eigenvalue weighted by Gasteiger charge is -2.15. The van der Waals surface area contributed by atoms with Crippen LogP contribution in [0.1, 0.15) is 30.9 Å². The van der Waals surface area contributed by atoms with Crippen molar-refractivity contribution in [3.63, 3.8) is 0 Å². The minimum absolute atomic E-state index is 0.0812. The van der Waals surface area contributed by atoms with Crippen LogP contribution in [0.4, 0.5) is 5.69 Å². The molecule has 23 heavy (non-hydrogen) atoms. The van der Waals surface area contributed by atoms with Crippen molar-refractivity contribution in [2.45, 2.75) is 26.7 Å². The van der Waals surface area contributed by atoms with Gasteiger partial charge in [0.05, 0.1) is 10.7 Å². The molecule has 0 aliphatic rings. The van der Waals surface area contributed by atoms with Crippen molar-refractivity contribution in [3.8, 4) is 5.75 Å². The highest BCUT2D eigenvalue weighted by Gasteiger charge is 2.11. The summed E-state index contributed by atoms with van der Waals surface area (Å²) in [4.78, 5) is 12.1. The molecule has 0 spiro atoms. The van der Waals surface area contributed by atoms with Crippen molar-refractivity contribution in [1.29, 1.82) is 0 Å². The fourth-order valence-corrected chi connectivity index (χ4v) is 2.62. The highest BCUT2D eigenvalue weighted by atomic mass is 35.5. The molecule has 1 N–H and O–H groups in total.